The molecule has 0 N–H and O–H groups in total. The van der Waals surface area contributed by atoms with Gasteiger partial charge in [0.1, 0.15) is 0 Å². The Morgan fingerprint density at radius 2 is 2.06 bits per heavy atom. The Hall–Kier alpha value is -1.19. The van der Waals surface area contributed by atoms with Gasteiger partial charge in [0.2, 0.25) is 0 Å². The molecule has 0 radical (unpaired) electrons. The standard InChI is InChI=1S/C12H16F2N2.C2H6/c1-3-16-6-4-5-10-11(16)7-9(8-15-10)12(2,13)14;1-2/h7-8H,3-6H2,1-2H3;1-2H3. The Morgan fingerprint density at radius 1 is 1.39 bits per heavy atom. The molecular weight excluding hydrogens is 234 g/mol. The summed E-state index contributed by atoms with van der Waals surface area (Å²) in [6.45, 7) is 8.72. The Bertz CT molecular complexity index is 386. The van der Waals surface area contributed by atoms with E-state index in [1.54, 1.807) is 6.07 Å². The summed E-state index contributed by atoms with van der Waals surface area (Å²) >= 11 is 0. The Morgan fingerprint density at radius 3 is 2.61 bits per heavy atom. The molecule has 1 aliphatic heterocycles. The third-order valence-corrected chi connectivity index (χ3v) is 3.02. The van der Waals surface area contributed by atoms with E-state index >= 15 is 0 Å². The van der Waals surface area contributed by atoms with Crippen LogP contribution in [-0.4, -0.2) is 18.1 Å². The molecule has 0 saturated heterocycles. The maximum absolute atomic E-state index is 13.2. The highest BCUT2D eigenvalue weighted by atomic mass is 19.3. The highest BCUT2D eigenvalue weighted by molar-refractivity contribution is 5.54. The summed E-state index contributed by atoms with van der Waals surface area (Å²) in [5.74, 6) is -2.81. The highest BCUT2D eigenvalue weighted by Gasteiger charge is 2.27. The van der Waals surface area contributed by atoms with Crippen molar-refractivity contribution in [2.45, 2.75) is 46.5 Å². The van der Waals surface area contributed by atoms with E-state index in [0.29, 0.717) is 0 Å². The number of aryl methyl sites for hydroxylation is 1. The minimum atomic E-state index is -2.81. The molecular formula is C14H22F2N2. The van der Waals surface area contributed by atoms with Crippen molar-refractivity contribution in [3.8, 4) is 0 Å². The summed E-state index contributed by atoms with van der Waals surface area (Å²) in [6, 6.07) is 1.59. The van der Waals surface area contributed by atoms with Crippen LogP contribution < -0.4 is 4.90 Å². The predicted octanol–water partition coefficient (Wildman–Crippen LogP) is 3.99. The first-order chi connectivity index (χ1) is 8.52. The Kier molecular flexibility index (Phi) is 5.05. The normalized spacial score (nSPS) is 14.7. The van der Waals surface area contributed by atoms with Gasteiger partial charge in [-0.15, -0.1) is 0 Å². The average molecular weight is 256 g/mol. The van der Waals surface area contributed by atoms with Crippen molar-refractivity contribution in [3.05, 3.63) is 23.5 Å². The molecule has 2 nitrogen and oxygen atoms in total. The summed E-state index contributed by atoms with van der Waals surface area (Å²) < 4.78 is 26.4. The topological polar surface area (TPSA) is 16.1 Å². The second-order valence-electron chi connectivity index (χ2n) is 4.26. The number of hydrogen-bond acceptors (Lipinski definition) is 2. The molecule has 0 bridgehead atoms. The first-order valence-corrected chi connectivity index (χ1v) is 6.64. The number of hydrogen-bond donors (Lipinski definition) is 0. The van der Waals surface area contributed by atoms with Crippen LogP contribution in [0.1, 0.15) is 45.4 Å². The summed E-state index contributed by atoms with van der Waals surface area (Å²) in [7, 11) is 0. The fraction of sp³-hybridized carbons (Fsp3) is 0.643. The number of anilines is 1. The SMILES string of the molecule is CC.CCN1CCCc2ncc(C(C)(F)F)cc21. The number of nitrogens with zero attached hydrogens (tertiary/aromatic N) is 2. The van der Waals surface area contributed by atoms with Crippen molar-refractivity contribution in [1.82, 2.24) is 4.98 Å². The maximum Gasteiger partial charge on any atom is 0.272 e. The van der Waals surface area contributed by atoms with Crippen LogP contribution in [-0.2, 0) is 12.3 Å². The second-order valence-corrected chi connectivity index (χ2v) is 4.26. The van der Waals surface area contributed by atoms with Gasteiger partial charge in [0, 0.05) is 31.8 Å². The van der Waals surface area contributed by atoms with Gasteiger partial charge in [0.25, 0.3) is 5.92 Å². The van der Waals surface area contributed by atoms with Crippen molar-refractivity contribution < 1.29 is 8.78 Å². The van der Waals surface area contributed by atoms with Gasteiger partial charge in [-0.1, -0.05) is 13.8 Å². The van der Waals surface area contributed by atoms with Gasteiger partial charge in [0.05, 0.1) is 11.4 Å². The molecule has 0 aromatic carbocycles. The quantitative estimate of drug-likeness (QED) is 0.795. The molecule has 18 heavy (non-hydrogen) atoms. The highest BCUT2D eigenvalue weighted by Crippen LogP contribution is 2.32. The molecule has 0 fully saturated rings. The lowest BCUT2D eigenvalue weighted by Gasteiger charge is -2.30. The molecule has 1 aliphatic rings. The Labute approximate surface area is 108 Å². The van der Waals surface area contributed by atoms with Crippen LogP contribution in [0.25, 0.3) is 0 Å². The number of rotatable bonds is 2. The van der Waals surface area contributed by atoms with Crippen LogP contribution in [0.4, 0.5) is 14.5 Å². The van der Waals surface area contributed by atoms with Gasteiger partial charge in [-0.2, -0.15) is 0 Å². The minimum absolute atomic E-state index is 0.00611. The summed E-state index contributed by atoms with van der Waals surface area (Å²) in [6.07, 6.45) is 3.25. The fourth-order valence-electron chi connectivity index (χ4n) is 2.07. The smallest absolute Gasteiger partial charge is 0.272 e. The number of halogens is 2. The first kappa shape index (κ1) is 14.9. The summed E-state index contributed by atoms with van der Waals surface area (Å²) in [5, 5.41) is 0. The van der Waals surface area contributed by atoms with Crippen LogP contribution in [0, 0.1) is 0 Å². The van der Waals surface area contributed by atoms with E-state index in [0.717, 1.165) is 44.2 Å². The van der Waals surface area contributed by atoms with Crippen molar-refractivity contribution in [2.75, 3.05) is 18.0 Å². The lowest BCUT2D eigenvalue weighted by molar-refractivity contribution is 0.0171. The number of pyridine rings is 1. The van der Waals surface area contributed by atoms with E-state index in [2.05, 4.69) is 9.88 Å². The summed E-state index contributed by atoms with van der Waals surface area (Å²) in [4.78, 5) is 6.27. The molecule has 1 aromatic rings. The van der Waals surface area contributed by atoms with Crippen molar-refractivity contribution in [2.24, 2.45) is 0 Å². The zero-order valence-corrected chi connectivity index (χ0v) is 11.6. The monoisotopic (exact) mass is 256 g/mol. The lowest BCUT2D eigenvalue weighted by Crippen LogP contribution is -2.30. The van der Waals surface area contributed by atoms with E-state index in [4.69, 9.17) is 0 Å². The lowest BCUT2D eigenvalue weighted by atomic mass is 10.0. The van der Waals surface area contributed by atoms with Crippen LogP contribution in [0.2, 0.25) is 0 Å². The van der Waals surface area contributed by atoms with Gasteiger partial charge < -0.3 is 4.90 Å². The van der Waals surface area contributed by atoms with Crippen LogP contribution in [0.5, 0.6) is 0 Å². The van der Waals surface area contributed by atoms with Gasteiger partial charge >= 0.3 is 0 Å². The van der Waals surface area contributed by atoms with Crippen LogP contribution in [0.15, 0.2) is 12.3 Å². The molecule has 0 atom stereocenters. The molecule has 2 rings (SSSR count). The molecule has 0 unspecified atom stereocenters. The fourth-order valence-corrected chi connectivity index (χ4v) is 2.07. The summed E-state index contributed by atoms with van der Waals surface area (Å²) in [5.41, 5.74) is 1.83. The zero-order valence-electron chi connectivity index (χ0n) is 11.6. The van der Waals surface area contributed by atoms with Crippen molar-refractivity contribution in [3.63, 3.8) is 0 Å². The average Bonchev–Trinajstić information content (AvgIpc) is 2.38. The number of alkyl halides is 2. The third-order valence-electron chi connectivity index (χ3n) is 3.02. The second kappa shape index (κ2) is 6.12. The number of fused-ring (bicyclic) bond motifs is 1. The predicted molar refractivity (Wildman–Crippen MR) is 71.4 cm³/mol. The molecule has 0 amide bonds. The van der Waals surface area contributed by atoms with E-state index in [1.807, 2.05) is 20.8 Å². The largest absolute Gasteiger partial charge is 0.370 e. The molecule has 0 aliphatic carbocycles. The minimum Gasteiger partial charge on any atom is -0.370 e. The van der Waals surface area contributed by atoms with E-state index < -0.39 is 5.92 Å². The molecule has 0 spiro atoms. The maximum atomic E-state index is 13.2. The van der Waals surface area contributed by atoms with Gasteiger partial charge in [0.15, 0.2) is 0 Å². The zero-order chi connectivity index (χ0) is 13.8. The molecule has 102 valence electrons. The molecule has 2 heterocycles. The van der Waals surface area contributed by atoms with Crippen LogP contribution in [0.3, 0.4) is 0 Å². The van der Waals surface area contributed by atoms with E-state index in [-0.39, 0.29) is 5.56 Å². The van der Waals surface area contributed by atoms with Crippen molar-refractivity contribution in [1.29, 1.82) is 0 Å². The van der Waals surface area contributed by atoms with E-state index in [1.165, 1.54) is 6.20 Å². The molecule has 1 aromatic heterocycles. The molecule has 4 heteroatoms. The van der Waals surface area contributed by atoms with Gasteiger partial charge in [-0.05, 0) is 25.8 Å². The Balaban J connectivity index is 0.000000771. The van der Waals surface area contributed by atoms with Gasteiger partial charge in [-0.3, -0.25) is 4.98 Å². The van der Waals surface area contributed by atoms with E-state index in [9.17, 15) is 8.78 Å². The molecule has 0 saturated carbocycles. The van der Waals surface area contributed by atoms with Gasteiger partial charge in [-0.25, -0.2) is 8.78 Å². The number of aromatic nitrogens is 1. The third kappa shape index (κ3) is 3.18. The first-order valence-electron chi connectivity index (χ1n) is 6.64. The van der Waals surface area contributed by atoms with Crippen LogP contribution >= 0.6 is 0 Å². The van der Waals surface area contributed by atoms with Crippen molar-refractivity contribution >= 4 is 5.69 Å².